The van der Waals surface area contributed by atoms with Crippen LogP contribution in [0.4, 0.5) is 0 Å². The minimum absolute atomic E-state index is 0.231. The second kappa shape index (κ2) is 3.99. The molecule has 0 unspecified atom stereocenters. The zero-order valence-electron chi connectivity index (χ0n) is 9.65. The predicted molar refractivity (Wildman–Crippen MR) is 63.9 cm³/mol. The molecule has 0 amide bonds. The standard InChI is InChI=1S/C12H10N4O2/c1-15-7-6-13-11(15)12(17)18-16-10-5-3-2-4-9(10)8-14-16/h2-8H,1H3. The molecule has 0 saturated heterocycles. The maximum absolute atomic E-state index is 11.9. The van der Waals surface area contributed by atoms with Gasteiger partial charge in [-0.2, -0.15) is 0 Å². The van der Waals surface area contributed by atoms with Crippen LogP contribution in [-0.4, -0.2) is 25.5 Å². The van der Waals surface area contributed by atoms with Crippen LogP contribution in [0.15, 0.2) is 42.9 Å². The summed E-state index contributed by atoms with van der Waals surface area (Å²) in [6.07, 6.45) is 4.86. The zero-order valence-corrected chi connectivity index (χ0v) is 9.65. The highest BCUT2D eigenvalue weighted by atomic mass is 16.7. The molecular formula is C12H10N4O2. The van der Waals surface area contributed by atoms with Crippen LogP contribution < -0.4 is 4.84 Å². The molecule has 6 nitrogen and oxygen atoms in total. The molecule has 0 aliphatic rings. The number of imidazole rings is 1. The number of carbonyl (C=O) groups is 1. The molecular weight excluding hydrogens is 232 g/mol. The van der Waals surface area contributed by atoms with Crippen molar-refractivity contribution in [1.82, 2.24) is 19.5 Å². The van der Waals surface area contributed by atoms with Crippen LogP contribution in [0, 0.1) is 0 Å². The van der Waals surface area contributed by atoms with Gasteiger partial charge in [0.2, 0.25) is 5.82 Å². The first-order valence-electron chi connectivity index (χ1n) is 5.38. The fraction of sp³-hybridized carbons (Fsp3) is 0.0833. The molecule has 6 heteroatoms. The Kier molecular flexibility index (Phi) is 2.33. The highest BCUT2D eigenvalue weighted by molar-refractivity contribution is 5.86. The zero-order chi connectivity index (χ0) is 12.5. The van der Waals surface area contributed by atoms with E-state index in [2.05, 4.69) is 10.1 Å². The van der Waals surface area contributed by atoms with Crippen LogP contribution in [0.2, 0.25) is 0 Å². The Bertz CT molecular complexity index is 714. The summed E-state index contributed by atoms with van der Waals surface area (Å²) in [5, 5.41) is 4.92. The lowest BCUT2D eigenvalue weighted by atomic mass is 10.3. The lowest BCUT2D eigenvalue weighted by molar-refractivity contribution is 0.0401. The summed E-state index contributed by atoms with van der Waals surface area (Å²) >= 11 is 0. The Labute approximate surface area is 102 Å². The molecule has 0 spiro atoms. The number of benzene rings is 1. The number of para-hydroxylation sites is 1. The highest BCUT2D eigenvalue weighted by Crippen LogP contribution is 2.11. The van der Waals surface area contributed by atoms with E-state index in [-0.39, 0.29) is 5.82 Å². The Balaban J connectivity index is 1.93. The summed E-state index contributed by atoms with van der Waals surface area (Å²) in [5.41, 5.74) is 0.736. The number of carbonyl (C=O) groups excluding carboxylic acids is 1. The van der Waals surface area contributed by atoms with E-state index in [1.807, 2.05) is 24.3 Å². The lowest BCUT2D eigenvalue weighted by Gasteiger charge is -2.03. The van der Waals surface area contributed by atoms with Gasteiger partial charge in [-0.15, -0.1) is 5.10 Å². The first-order valence-corrected chi connectivity index (χ1v) is 5.38. The lowest BCUT2D eigenvalue weighted by Crippen LogP contribution is -2.23. The average Bonchev–Trinajstić information content (AvgIpc) is 2.97. The summed E-state index contributed by atoms with van der Waals surface area (Å²) in [5.74, 6) is -0.314. The van der Waals surface area contributed by atoms with Crippen LogP contribution in [-0.2, 0) is 7.05 Å². The van der Waals surface area contributed by atoms with Gasteiger partial charge in [0.1, 0.15) is 5.52 Å². The molecule has 0 N–H and O–H groups in total. The smallest absolute Gasteiger partial charge is 0.328 e. The predicted octanol–water partition coefficient (Wildman–Crippen LogP) is 1.04. The van der Waals surface area contributed by atoms with Crippen molar-refractivity contribution in [2.45, 2.75) is 0 Å². The summed E-state index contributed by atoms with van der Waals surface area (Å²) in [7, 11) is 1.73. The van der Waals surface area contributed by atoms with Crippen molar-refractivity contribution in [3.8, 4) is 0 Å². The highest BCUT2D eigenvalue weighted by Gasteiger charge is 2.15. The van der Waals surface area contributed by atoms with Crippen molar-refractivity contribution >= 4 is 16.9 Å². The van der Waals surface area contributed by atoms with Gasteiger partial charge in [0.15, 0.2) is 0 Å². The molecule has 0 fully saturated rings. The number of fused-ring (bicyclic) bond motifs is 1. The number of rotatable bonds is 2. The van der Waals surface area contributed by atoms with Crippen molar-refractivity contribution < 1.29 is 9.63 Å². The maximum Gasteiger partial charge on any atom is 0.400 e. The van der Waals surface area contributed by atoms with Gasteiger partial charge in [-0.25, -0.2) is 9.78 Å². The normalized spacial score (nSPS) is 10.7. The largest absolute Gasteiger partial charge is 0.400 e. The van der Waals surface area contributed by atoms with Crippen LogP contribution in [0.3, 0.4) is 0 Å². The van der Waals surface area contributed by atoms with E-state index in [0.717, 1.165) is 10.9 Å². The molecule has 2 heterocycles. The Morgan fingerprint density at radius 1 is 1.33 bits per heavy atom. The second-order valence-electron chi connectivity index (χ2n) is 3.82. The molecule has 18 heavy (non-hydrogen) atoms. The monoisotopic (exact) mass is 242 g/mol. The first kappa shape index (κ1) is 10.5. The number of aromatic nitrogens is 4. The van der Waals surface area contributed by atoms with Gasteiger partial charge >= 0.3 is 5.97 Å². The van der Waals surface area contributed by atoms with E-state index in [9.17, 15) is 4.79 Å². The number of hydrogen-bond acceptors (Lipinski definition) is 4. The summed E-state index contributed by atoms with van der Waals surface area (Å²) < 4.78 is 1.59. The molecule has 0 bridgehead atoms. The molecule has 2 aromatic heterocycles. The van der Waals surface area contributed by atoms with Gasteiger partial charge in [0, 0.05) is 24.8 Å². The SMILES string of the molecule is Cn1ccnc1C(=O)On1ncc2ccccc21. The topological polar surface area (TPSA) is 61.9 Å². The average molecular weight is 242 g/mol. The molecule has 90 valence electrons. The van der Waals surface area contributed by atoms with E-state index in [4.69, 9.17) is 4.84 Å². The second-order valence-corrected chi connectivity index (χ2v) is 3.82. The van der Waals surface area contributed by atoms with Gasteiger partial charge in [0.25, 0.3) is 0 Å². The van der Waals surface area contributed by atoms with Gasteiger partial charge < -0.3 is 9.40 Å². The molecule has 0 aliphatic carbocycles. The van der Waals surface area contributed by atoms with Crippen molar-refractivity contribution in [3.63, 3.8) is 0 Å². The third kappa shape index (κ3) is 1.64. The quantitative estimate of drug-likeness (QED) is 0.673. The third-order valence-electron chi connectivity index (χ3n) is 2.62. The Hall–Kier alpha value is -2.63. The van der Waals surface area contributed by atoms with Crippen LogP contribution in [0.5, 0.6) is 0 Å². The minimum atomic E-state index is -0.545. The first-order chi connectivity index (χ1) is 8.75. The van der Waals surface area contributed by atoms with Gasteiger partial charge in [-0.3, -0.25) is 0 Å². The molecule has 0 aliphatic heterocycles. The summed E-state index contributed by atoms with van der Waals surface area (Å²) in [6.45, 7) is 0. The van der Waals surface area contributed by atoms with E-state index in [1.54, 1.807) is 24.0 Å². The fourth-order valence-electron chi connectivity index (χ4n) is 1.70. The Morgan fingerprint density at radius 3 is 2.94 bits per heavy atom. The molecule has 0 saturated carbocycles. The third-order valence-corrected chi connectivity index (χ3v) is 2.62. The van der Waals surface area contributed by atoms with Crippen molar-refractivity contribution in [1.29, 1.82) is 0 Å². The van der Waals surface area contributed by atoms with Crippen LogP contribution in [0.25, 0.3) is 10.9 Å². The van der Waals surface area contributed by atoms with Gasteiger partial charge in [-0.05, 0) is 6.07 Å². The molecule has 1 aromatic carbocycles. The van der Waals surface area contributed by atoms with Crippen LogP contribution in [0.1, 0.15) is 10.6 Å². The Morgan fingerprint density at radius 2 is 2.17 bits per heavy atom. The van der Waals surface area contributed by atoms with Crippen molar-refractivity contribution in [2.24, 2.45) is 7.05 Å². The minimum Gasteiger partial charge on any atom is -0.328 e. The molecule has 3 aromatic rings. The van der Waals surface area contributed by atoms with Crippen molar-refractivity contribution in [2.75, 3.05) is 0 Å². The molecule has 3 rings (SSSR count). The van der Waals surface area contributed by atoms with Gasteiger partial charge in [-0.1, -0.05) is 23.0 Å². The summed E-state index contributed by atoms with van der Waals surface area (Å²) in [6, 6.07) is 7.48. The van der Waals surface area contributed by atoms with E-state index >= 15 is 0 Å². The fourth-order valence-corrected chi connectivity index (χ4v) is 1.70. The maximum atomic E-state index is 11.9. The summed E-state index contributed by atoms with van der Waals surface area (Å²) in [4.78, 5) is 22.2. The number of aryl methyl sites for hydroxylation is 1. The number of nitrogens with zero attached hydrogens (tertiary/aromatic N) is 4. The molecule has 0 atom stereocenters. The van der Waals surface area contributed by atoms with E-state index in [0.29, 0.717) is 0 Å². The number of hydrogen-bond donors (Lipinski definition) is 0. The van der Waals surface area contributed by atoms with Crippen LogP contribution >= 0.6 is 0 Å². The van der Waals surface area contributed by atoms with Crippen molar-refractivity contribution in [3.05, 3.63) is 48.7 Å². The van der Waals surface area contributed by atoms with E-state index in [1.165, 1.54) is 11.0 Å². The van der Waals surface area contributed by atoms with Gasteiger partial charge in [0.05, 0.1) is 6.20 Å². The molecule has 0 radical (unpaired) electrons. The van der Waals surface area contributed by atoms with E-state index < -0.39 is 5.97 Å².